The molecule has 1 N–H and O–H groups in total. The van der Waals surface area contributed by atoms with Crippen LogP contribution in [0.5, 0.6) is 5.75 Å². The molecule has 0 saturated heterocycles. The zero-order chi connectivity index (χ0) is 15.7. The Morgan fingerprint density at radius 3 is 2.35 bits per heavy atom. The molecule has 0 radical (unpaired) electrons. The molecule has 0 heterocycles. The lowest BCUT2D eigenvalue weighted by atomic mass is 9.94. The molecule has 4 heteroatoms. The summed E-state index contributed by atoms with van der Waals surface area (Å²) in [5.41, 5.74) is 0.974. The molecule has 3 nitrogen and oxygen atoms in total. The first-order valence-electron chi connectivity index (χ1n) is 7.42. The van der Waals surface area contributed by atoms with Crippen molar-refractivity contribution >= 4 is 34.0 Å². The molecular weight excluding hydrogens is 310 g/mol. The Labute approximate surface area is 142 Å². The number of halogens is 1. The van der Waals surface area contributed by atoms with Crippen LogP contribution in [0.4, 0.5) is 0 Å². The van der Waals surface area contributed by atoms with Crippen molar-refractivity contribution in [1.29, 1.82) is 0 Å². The molecule has 0 aliphatic heterocycles. The van der Waals surface area contributed by atoms with Crippen molar-refractivity contribution in [1.82, 2.24) is 4.90 Å². The lowest BCUT2D eigenvalue weighted by molar-refractivity contribution is 0.140. The van der Waals surface area contributed by atoms with E-state index in [1.807, 2.05) is 43.3 Å². The summed E-state index contributed by atoms with van der Waals surface area (Å²) >= 11 is 0. The van der Waals surface area contributed by atoms with Crippen LogP contribution in [0.3, 0.4) is 0 Å². The van der Waals surface area contributed by atoms with Gasteiger partial charge in [-0.25, -0.2) is 0 Å². The first-order valence-corrected chi connectivity index (χ1v) is 7.42. The molecule has 3 aromatic carbocycles. The summed E-state index contributed by atoms with van der Waals surface area (Å²) < 4.78 is 5.35. The second kappa shape index (κ2) is 7.18. The molecule has 3 rings (SSSR count). The standard InChI is InChI=1S/C19H21NO2.ClH/c1-20(2)12-19(21)18-10-13-8-9-14(22-3)11-17(13)15-6-4-5-7-16(15)18;/h4-11,19,21H,12H2,1-3H3;1H. The molecule has 1 atom stereocenters. The van der Waals surface area contributed by atoms with E-state index in [4.69, 9.17) is 4.74 Å². The number of likely N-dealkylation sites (N-methyl/N-ethyl adjacent to an activating group) is 1. The Hall–Kier alpha value is -1.81. The van der Waals surface area contributed by atoms with Crippen LogP contribution in [-0.2, 0) is 0 Å². The minimum absolute atomic E-state index is 0. The topological polar surface area (TPSA) is 32.7 Å². The Balaban J connectivity index is 0.00000192. The van der Waals surface area contributed by atoms with Gasteiger partial charge in [-0.1, -0.05) is 30.3 Å². The molecule has 0 aromatic heterocycles. The van der Waals surface area contributed by atoms with Crippen LogP contribution in [0.1, 0.15) is 11.7 Å². The molecular formula is C19H22ClNO2. The molecule has 0 amide bonds. The zero-order valence-electron chi connectivity index (χ0n) is 13.6. The van der Waals surface area contributed by atoms with Gasteiger partial charge in [-0.2, -0.15) is 0 Å². The summed E-state index contributed by atoms with van der Waals surface area (Å²) in [6, 6.07) is 16.4. The highest BCUT2D eigenvalue weighted by Crippen LogP contribution is 2.34. The third-order valence-electron chi connectivity index (χ3n) is 4.00. The van der Waals surface area contributed by atoms with Crippen LogP contribution >= 0.6 is 12.4 Å². The molecule has 1 unspecified atom stereocenters. The molecule has 0 spiro atoms. The summed E-state index contributed by atoms with van der Waals surface area (Å²) in [6.07, 6.45) is -0.508. The number of rotatable bonds is 4. The van der Waals surface area contributed by atoms with Crippen LogP contribution in [0.15, 0.2) is 48.5 Å². The average molecular weight is 332 g/mol. The predicted molar refractivity (Wildman–Crippen MR) is 98.8 cm³/mol. The van der Waals surface area contributed by atoms with Crippen molar-refractivity contribution in [2.45, 2.75) is 6.10 Å². The first-order chi connectivity index (χ1) is 10.6. The van der Waals surface area contributed by atoms with Crippen molar-refractivity contribution < 1.29 is 9.84 Å². The number of aliphatic hydroxyl groups is 1. The summed E-state index contributed by atoms with van der Waals surface area (Å²) in [5, 5.41) is 15.1. The molecule has 0 fully saturated rings. The Morgan fingerprint density at radius 1 is 1.00 bits per heavy atom. The summed E-state index contributed by atoms with van der Waals surface area (Å²) in [4.78, 5) is 2.00. The van der Waals surface area contributed by atoms with Gasteiger partial charge in [0.15, 0.2) is 0 Å². The zero-order valence-corrected chi connectivity index (χ0v) is 14.4. The highest BCUT2D eigenvalue weighted by atomic mass is 35.5. The maximum absolute atomic E-state index is 10.6. The third kappa shape index (κ3) is 3.42. The van der Waals surface area contributed by atoms with E-state index in [2.05, 4.69) is 24.3 Å². The van der Waals surface area contributed by atoms with Gasteiger partial charge >= 0.3 is 0 Å². The quantitative estimate of drug-likeness (QED) is 0.733. The number of hydrogen-bond acceptors (Lipinski definition) is 3. The fourth-order valence-corrected chi connectivity index (χ4v) is 2.96. The minimum atomic E-state index is -0.508. The fourth-order valence-electron chi connectivity index (χ4n) is 2.96. The predicted octanol–water partition coefficient (Wildman–Crippen LogP) is 4.02. The van der Waals surface area contributed by atoms with Gasteiger partial charge in [-0.15, -0.1) is 12.4 Å². The molecule has 0 bridgehead atoms. The third-order valence-corrected chi connectivity index (χ3v) is 4.00. The average Bonchev–Trinajstić information content (AvgIpc) is 2.53. The van der Waals surface area contributed by atoms with E-state index in [0.717, 1.165) is 32.9 Å². The highest BCUT2D eigenvalue weighted by molar-refractivity contribution is 6.09. The minimum Gasteiger partial charge on any atom is -0.497 e. The smallest absolute Gasteiger partial charge is 0.119 e. The largest absolute Gasteiger partial charge is 0.497 e. The molecule has 0 saturated carbocycles. The van der Waals surface area contributed by atoms with Gasteiger partial charge in [0, 0.05) is 6.54 Å². The van der Waals surface area contributed by atoms with E-state index >= 15 is 0 Å². The van der Waals surface area contributed by atoms with Gasteiger partial charge in [0.25, 0.3) is 0 Å². The normalized spacial score (nSPS) is 12.4. The summed E-state index contributed by atoms with van der Waals surface area (Å²) in [5.74, 6) is 0.847. The van der Waals surface area contributed by atoms with Crippen molar-refractivity contribution in [3.05, 3.63) is 54.1 Å². The fraction of sp³-hybridized carbons (Fsp3) is 0.263. The lowest BCUT2D eigenvalue weighted by Crippen LogP contribution is -2.20. The van der Waals surface area contributed by atoms with E-state index in [1.165, 1.54) is 0 Å². The molecule has 0 aliphatic rings. The van der Waals surface area contributed by atoms with Gasteiger partial charge in [0.05, 0.1) is 13.2 Å². The Morgan fingerprint density at radius 2 is 1.70 bits per heavy atom. The monoisotopic (exact) mass is 331 g/mol. The maximum Gasteiger partial charge on any atom is 0.119 e. The SMILES string of the molecule is COc1ccc2cc(C(O)CN(C)C)c3ccccc3c2c1.Cl. The Kier molecular flexibility index (Phi) is 5.47. The van der Waals surface area contributed by atoms with Gasteiger partial charge in [-0.3, -0.25) is 0 Å². The van der Waals surface area contributed by atoms with E-state index in [1.54, 1.807) is 7.11 Å². The second-order valence-corrected chi connectivity index (χ2v) is 5.88. The van der Waals surface area contributed by atoms with E-state index in [9.17, 15) is 5.11 Å². The van der Waals surface area contributed by atoms with E-state index in [-0.39, 0.29) is 12.4 Å². The Bertz CT molecular complexity index is 817. The highest BCUT2D eigenvalue weighted by Gasteiger charge is 2.14. The molecule has 122 valence electrons. The maximum atomic E-state index is 10.6. The van der Waals surface area contributed by atoms with Crippen molar-refractivity contribution in [2.24, 2.45) is 0 Å². The number of methoxy groups -OCH3 is 1. The van der Waals surface area contributed by atoms with Crippen LogP contribution in [0, 0.1) is 0 Å². The number of hydrogen-bond donors (Lipinski definition) is 1. The molecule has 23 heavy (non-hydrogen) atoms. The van der Waals surface area contributed by atoms with E-state index < -0.39 is 6.10 Å². The van der Waals surface area contributed by atoms with Gasteiger partial charge in [0.1, 0.15) is 5.75 Å². The van der Waals surface area contributed by atoms with Crippen LogP contribution in [0.2, 0.25) is 0 Å². The van der Waals surface area contributed by atoms with Crippen molar-refractivity contribution in [3.8, 4) is 5.75 Å². The molecule has 0 aliphatic carbocycles. The van der Waals surface area contributed by atoms with Crippen LogP contribution in [-0.4, -0.2) is 37.8 Å². The van der Waals surface area contributed by atoms with Gasteiger partial charge in [-0.05, 0) is 59.4 Å². The number of aliphatic hydroxyl groups excluding tert-OH is 1. The van der Waals surface area contributed by atoms with Crippen LogP contribution < -0.4 is 4.74 Å². The number of fused-ring (bicyclic) bond motifs is 3. The second-order valence-electron chi connectivity index (χ2n) is 5.88. The lowest BCUT2D eigenvalue weighted by Gasteiger charge is -2.19. The van der Waals surface area contributed by atoms with Gasteiger partial charge < -0.3 is 14.7 Å². The number of ether oxygens (including phenoxy) is 1. The van der Waals surface area contributed by atoms with E-state index in [0.29, 0.717) is 6.54 Å². The summed E-state index contributed by atoms with van der Waals surface area (Å²) in [7, 11) is 5.62. The number of nitrogens with zero attached hydrogens (tertiary/aromatic N) is 1. The van der Waals surface area contributed by atoms with Crippen molar-refractivity contribution in [3.63, 3.8) is 0 Å². The summed E-state index contributed by atoms with van der Waals surface area (Å²) in [6.45, 7) is 0.603. The molecule has 3 aromatic rings. The number of benzene rings is 3. The van der Waals surface area contributed by atoms with Crippen molar-refractivity contribution in [2.75, 3.05) is 27.7 Å². The first kappa shape index (κ1) is 17.5. The van der Waals surface area contributed by atoms with Crippen LogP contribution in [0.25, 0.3) is 21.5 Å². The van der Waals surface area contributed by atoms with Gasteiger partial charge in [0.2, 0.25) is 0 Å².